The zero-order chi connectivity index (χ0) is 8.97. The molecule has 0 aromatic heterocycles. The van der Waals surface area contributed by atoms with E-state index >= 15 is 0 Å². The topological polar surface area (TPSA) is 37.3 Å². The molecule has 0 aromatic rings. The van der Waals surface area contributed by atoms with Crippen LogP contribution in [0.2, 0.25) is 0 Å². The molecular formula is C10H16O2. The van der Waals surface area contributed by atoms with E-state index in [0.717, 1.165) is 25.7 Å². The normalized spacial score (nSPS) is 29.7. The van der Waals surface area contributed by atoms with Gasteiger partial charge in [-0.25, -0.2) is 0 Å². The summed E-state index contributed by atoms with van der Waals surface area (Å²) in [6, 6.07) is 0. The van der Waals surface area contributed by atoms with Crippen LogP contribution in [0.5, 0.6) is 0 Å². The zero-order valence-corrected chi connectivity index (χ0v) is 7.33. The number of hydrogen-bond acceptors (Lipinski definition) is 1. The van der Waals surface area contributed by atoms with Crippen LogP contribution in [-0.4, -0.2) is 11.1 Å². The second kappa shape index (κ2) is 4.29. The van der Waals surface area contributed by atoms with Crippen LogP contribution in [0.4, 0.5) is 0 Å². The van der Waals surface area contributed by atoms with Gasteiger partial charge in [-0.2, -0.15) is 0 Å². The lowest BCUT2D eigenvalue weighted by atomic mass is 9.77. The highest BCUT2D eigenvalue weighted by Gasteiger charge is 2.29. The van der Waals surface area contributed by atoms with Gasteiger partial charge in [0.25, 0.3) is 0 Å². The molecule has 68 valence electrons. The van der Waals surface area contributed by atoms with Crippen molar-refractivity contribution in [2.75, 3.05) is 0 Å². The average molecular weight is 168 g/mol. The molecule has 0 saturated heterocycles. The van der Waals surface area contributed by atoms with E-state index in [4.69, 9.17) is 5.11 Å². The third kappa shape index (κ3) is 2.10. The number of allylic oxidation sites excluding steroid dienone is 1. The maximum absolute atomic E-state index is 10.8. The predicted octanol–water partition coefficient (Wildman–Crippen LogP) is 2.45. The van der Waals surface area contributed by atoms with Crippen molar-refractivity contribution in [3.63, 3.8) is 0 Å². The number of carbonyl (C=O) groups is 1. The van der Waals surface area contributed by atoms with E-state index in [9.17, 15) is 4.79 Å². The van der Waals surface area contributed by atoms with Gasteiger partial charge in [0.15, 0.2) is 0 Å². The minimum atomic E-state index is -0.624. The van der Waals surface area contributed by atoms with Gasteiger partial charge in [-0.05, 0) is 25.2 Å². The molecule has 0 spiro atoms. The van der Waals surface area contributed by atoms with Crippen molar-refractivity contribution in [2.24, 2.45) is 11.8 Å². The molecule has 2 atom stereocenters. The fourth-order valence-corrected chi connectivity index (χ4v) is 2.03. The summed E-state index contributed by atoms with van der Waals surface area (Å²) in [5.74, 6) is -0.396. The van der Waals surface area contributed by atoms with Crippen molar-refractivity contribution < 1.29 is 9.90 Å². The second-order valence-electron chi connectivity index (χ2n) is 3.51. The Kier molecular flexibility index (Phi) is 3.32. The summed E-state index contributed by atoms with van der Waals surface area (Å²) in [4.78, 5) is 10.8. The van der Waals surface area contributed by atoms with E-state index < -0.39 is 5.97 Å². The SMILES string of the molecule is C=CCC1CCCCC1C(=O)O. The van der Waals surface area contributed by atoms with Gasteiger partial charge in [0.1, 0.15) is 0 Å². The second-order valence-corrected chi connectivity index (χ2v) is 3.51. The highest BCUT2D eigenvalue weighted by Crippen LogP contribution is 2.32. The molecule has 0 radical (unpaired) electrons. The predicted molar refractivity (Wildman–Crippen MR) is 47.9 cm³/mol. The Bertz CT molecular complexity index is 175. The van der Waals surface area contributed by atoms with Gasteiger partial charge in [-0.1, -0.05) is 18.9 Å². The molecule has 1 N–H and O–H groups in total. The molecule has 12 heavy (non-hydrogen) atoms. The average Bonchev–Trinajstić information content (AvgIpc) is 2.05. The summed E-state index contributed by atoms with van der Waals surface area (Å²) in [6.07, 6.45) is 6.87. The van der Waals surface area contributed by atoms with Crippen LogP contribution in [0.15, 0.2) is 12.7 Å². The minimum absolute atomic E-state index is 0.114. The highest BCUT2D eigenvalue weighted by atomic mass is 16.4. The first-order valence-electron chi connectivity index (χ1n) is 4.59. The molecule has 2 unspecified atom stereocenters. The first kappa shape index (κ1) is 9.30. The van der Waals surface area contributed by atoms with E-state index in [1.54, 1.807) is 0 Å². The van der Waals surface area contributed by atoms with E-state index in [2.05, 4.69) is 6.58 Å². The van der Waals surface area contributed by atoms with Gasteiger partial charge in [0.05, 0.1) is 5.92 Å². The Morgan fingerprint density at radius 2 is 2.17 bits per heavy atom. The molecule has 0 amide bonds. The van der Waals surface area contributed by atoms with Crippen LogP contribution < -0.4 is 0 Å². The van der Waals surface area contributed by atoms with Crippen LogP contribution >= 0.6 is 0 Å². The molecule has 1 aliphatic rings. The van der Waals surface area contributed by atoms with Crippen LogP contribution in [0.3, 0.4) is 0 Å². The molecule has 2 nitrogen and oxygen atoms in total. The number of carboxylic acid groups (broad SMARTS) is 1. The standard InChI is InChI=1S/C10H16O2/c1-2-5-8-6-3-4-7-9(8)10(11)12/h2,8-9H,1,3-7H2,(H,11,12). The first-order valence-corrected chi connectivity index (χ1v) is 4.59. The van der Waals surface area contributed by atoms with E-state index in [1.165, 1.54) is 6.42 Å². The summed E-state index contributed by atoms with van der Waals surface area (Å²) in [5.41, 5.74) is 0. The quantitative estimate of drug-likeness (QED) is 0.657. The van der Waals surface area contributed by atoms with E-state index in [0.29, 0.717) is 5.92 Å². The lowest BCUT2D eigenvalue weighted by Gasteiger charge is -2.27. The largest absolute Gasteiger partial charge is 0.481 e. The van der Waals surface area contributed by atoms with Crippen molar-refractivity contribution in [1.82, 2.24) is 0 Å². The number of carboxylic acids is 1. The molecule has 1 rings (SSSR count). The molecule has 0 aliphatic heterocycles. The third-order valence-corrected chi connectivity index (χ3v) is 2.70. The lowest BCUT2D eigenvalue weighted by molar-refractivity contribution is -0.144. The summed E-state index contributed by atoms with van der Waals surface area (Å²) >= 11 is 0. The van der Waals surface area contributed by atoms with Crippen LogP contribution in [0.25, 0.3) is 0 Å². The van der Waals surface area contributed by atoms with Gasteiger partial charge in [-0.3, -0.25) is 4.79 Å². The van der Waals surface area contributed by atoms with Gasteiger partial charge in [-0.15, -0.1) is 6.58 Å². The van der Waals surface area contributed by atoms with Crippen molar-refractivity contribution in [2.45, 2.75) is 32.1 Å². The zero-order valence-electron chi connectivity index (χ0n) is 7.33. The van der Waals surface area contributed by atoms with Gasteiger partial charge in [0.2, 0.25) is 0 Å². The van der Waals surface area contributed by atoms with E-state index in [1.807, 2.05) is 6.08 Å². The third-order valence-electron chi connectivity index (χ3n) is 2.70. The molecular weight excluding hydrogens is 152 g/mol. The van der Waals surface area contributed by atoms with Crippen molar-refractivity contribution in [1.29, 1.82) is 0 Å². The molecule has 0 heterocycles. The Morgan fingerprint density at radius 1 is 1.50 bits per heavy atom. The monoisotopic (exact) mass is 168 g/mol. The van der Waals surface area contributed by atoms with Gasteiger partial charge >= 0.3 is 5.97 Å². The molecule has 2 heteroatoms. The summed E-state index contributed by atoms with van der Waals surface area (Å²) in [7, 11) is 0. The van der Waals surface area contributed by atoms with Crippen molar-refractivity contribution in [3.8, 4) is 0 Å². The molecule has 1 fully saturated rings. The number of rotatable bonds is 3. The molecule has 1 aliphatic carbocycles. The smallest absolute Gasteiger partial charge is 0.306 e. The Labute approximate surface area is 73.3 Å². The summed E-state index contributed by atoms with van der Waals surface area (Å²) < 4.78 is 0. The highest BCUT2D eigenvalue weighted by molar-refractivity contribution is 5.70. The van der Waals surface area contributed by atoms with Crippen LogP contribution in [-0.2, 0) is 4.79 Å². The molecule has 0 aromatic carbocycles. The van der Waals surface area contributed by atoms with E-state index in [-0.39, 0.29) is 5.92 Å². The number of aliphatic carboxylic acids is 1. The van der Waals surface area contributed by atoms with Crippen molar-refractivity contribution in [3.05, 3.63) is 12.7 Å². The van der Waals surface area contributed by atoms with Crippen LogP contribution in [0, 0.1) is 11.8 Å². The lowest BCUT2D eigenvalue weighted by Crippen LogP contribution is -2.26. The molecule has 0 bridgehead atoms. The van der Waals surface area contributed by atoms with Gasteiger partial charge in [0, 0.05) is 0 Å². The Balaban J connectivity index is 2.53. The molecule has 1 saturated carbocycles. The first-order chi connectivity index (χ1) is 5.75. The fourth-order valence-electron chi connectivity index (χ4n) is 2.03. The van der Waals surface area contributed by atoms with Gasteiger partial charge < -0.3 is 5.11 Å². The summed E-state index contributed by atoms with van der Waals surface area (Å²) in [6.45, 7) is 3.66. The minimum Gasteiger partial charge on any atom is -0.481 e. The summed E-state index contributed by atoms with van der Waals surface area (Å²) in [5, 5.41) is 8.90. The number of hydrogen-bond donors (Lipinski definition) is 1. The van der Waals surface area contributed by atoms with Crippen LogP contribution in [0.1, 0.15) is 32.1 Å². The maximum Gasteiger partial charge on any atom is 0.306 e. The fraction of sp³-hybridized carbons (Fsp3) is 0.700. The Hall–Kier alpha value is -0.790. The Morgan fingerprint density at radius 3 is 2.75 bits per heavy atom. The van der Waals surface area contributed by atoms with Crippen molar-refractivity contribution >= 4 is 5.97 Å². The maximum atomic E-state index is 10.8.